The van der Waals surface area contributed by atoms with E-state index in [1.165, 1.54) is 10.7 Å². The molecule has 166 valence electrons. The molecule has 7 nitrogen and oxygen atoms in total. The lowest BCUT2D eigenvalue weighted by atomic mass is 9.97. The summed E-state index contributed by atoms with van der Waals surface area (Å²) in [5, 5.41) is 8.23. The number of nitrogens with zero attached hydrogens (tertiary/aromatic N) is 3. The Morgan fingerprint density at radius 3 is 2.75 bits per heavy atom. The maximum atomic E-state index is 12.8. The number of carbonyl (C=O) groups is 1. The van der Waals surface area contributed by atoms with E-state index in [2.05, 4.69) is 15.3 Å². The van der Waals surface area contributed by atoms with Crippen molar-refractivity contribution in [1.82, 2.24) is 15.1 Å². The molecule has 0 radical (unpaired) electrons. The van der Waals surface area contributed by atoms with E-state index in [1.807, 2.05) is 24.3 Å². The quantitative estimate of drug-likeness (QED) is 0.620. The Morgan fingerprint density at radius 2 is 2.00 bits per heavy atom. The van der Waals surface area contributed by atoms with Gasteiger partial charge in [0.2, 0.25) is 5.91 Å². The molecular weight excluding hydrogens is 428 g/mol. The topological polar surface area (TPSA) is 76.5 Å². The zero-order valence-corrected chi connectivity index (χ0v) is 18.6. The molecule has 1 fully saturated rings. The van der Waals surface area contributed by atoms with Crippen LogP contribution in [0.2, 0.25) is 5.02 Å². The minimum atomic E-state index is -0.216. The van der Waals surface area contributed by atoms with Crippen molar-refractivity contribution in [2.75, 3.05) is 25.1 Å². The molecule has 2 heterocycles. The fraction of sp³-hybridized carbons (Fsp3) is 0.292. The SMILES string of the molecule is COc1ccc(-n2nc(N3CCC[C@@H](C(=O)NCc4cccc(Cl)c4)C3)ccc2=O)cc1. The predicted molar refractivity (Wildman–Crippen MR) is 125 cm³/mol. The van der Waals surface area contributed by atoms with Gasteiger partial charge < -0.3 is 15.0 Å². The van der Waals surface area contributed by atoms with E-state index in [9.17, 15) is 9.59 Å². The molecule has 4 rings (SSSR count). The van der Waals surface area contributed by atoms with E-state index >= 15 is 0 Å². The van der Waals surface area contributed by atoms with Gasteiger partial charge in [0.25, 0.3) is 5.56 Å². The van der Waals surface area contributed by atoms with Crippen molar-refractivity contribution in [1.29, 1.82) is 0 Å². The molecule has 1 atom stereocenters. The van der Waals surface area contributed by atoms with Crippen LogP contribution in [0.5, 0.6) is 5.75 Å². The lowest BCUT2D eigenvalue weighted by Gasteiger charge is -2.33. The van der Waals surface area contributed by atoms with E-state index in [0.29, 0.717) is 35.4 Å². The largest absolute Gasteiger partial charge is 0.497 e. The number of amides is 1. The van der Waals surface area contributed by atoms with Gasteiger partial charge in [0.15, 0.2) is 0 Å². The highest BCUT2D eigenvalue weighted by molar-refractivity contribution is 6.30. The highest BCUT2D eigenvalue weighted by Gasteiger charge is 2.26. The first kappa shape index (κ1) is 21.9. The van der Waals surface area contributed by atoms with Gasteiger partial charge in [0.05, 0.1) is 18.7 Å². The summed E-state index contributed by atoms with van der Waals surface area (Å²) in [5.41, 5.74) is 1.41. The summed E-state index contributed by atoms with van der Waals surface area (Å²) in [7, 11) is 1.60. The highest BCUT2D eigenvalue weighted by Crippen LogP contribution is 2.22. The van der Waals surface area contributed by atoms with Gasteiger partial charge in [-0.15, -0.1) is 5.10 Å². The summed E-state index contributed by atoms with van der Waals surface area (Å²) in [6.45, 7) is 1.78. The van der Waals surface area contributed by atoms with Gasteiger partial charge in [-0.05, 0) is 60.9 Å². The Bertz CT molecular complexity index is 1150. The first-order chi connectivity index (χ1) is 15.5. The lowest BCUT2D eigenvalue weighted by Crippen LogP contribution is -2.43. The molecule has 1 amide bonds. The lowest BCUT2D eigenvalue weighted by molar-refractivity contribution is -0.125. The van der Waals surface area contributed by atoms with Crippen molar-refractivity contribution < 1.29 is 9.53 Å². The van der Waals surface area contributed by atoms with Crippen molar-refractivity contribution in [2.24, 2.45) is 5.92 Å². The Labute approximate surface area is 191 Å². The standard InChI is InChI=1S/C24H25ClN4O3/c1-32-21-9-7-20(8-10-21)29-23(30)12-11-22(27-29)28-13-3-5-18(16-28)24(31)26-15-17-4-2-6-19(25)14-17/h2,4,6-12,14,18H,3,5,13,15-16H2,1H3,(H,26,31)/t18-/m1/s1. The summed E-state index contributed by atoms with van der Waals surface area (Å²) in [5.74, 6) is 1.25. The second-order valence-electron chi connectivity index (χ2n) is 7.77. The Hall–Kier alpha value is -3.32. The number of methoxy groups -OCH3 is 1. The second-order valence-corrected chi connectivity index (χ2v) is 8.21. The molecule has 1 aliphatic rings. The summed E-state index contributed by atoms with van der Waals surface area (Å²) in [4.78, 5) is 27.2. The van der Waals surface area contributed by atoms with Crippen LogP contribution in [0, 0.1) is 5.92 Å². The van der Waals surface area contributed by atoms with Crippen LogP contribution >= 0.6 is 11.6 Å². The molecule has 32 heavy (non-hydrogen) atoms. The molecule has 1 N–H and O–H groups in total. The minimum absolute atomic E-state index is 0.0122. The smallest absolute Gasteiger partial charge is 0.271 e. The van der Waals surface area contributed by atoms with Gasteiger partial charge in [0.1, 0.15) is 11.6 Å². The van der Waals surface area contributed by atoms with Crippen molar-refractivity contribution in [3.63, 3.8) is 0 Å². The molecule has 0 unspecified atom stereocenters. The van der Waals surface area contributed by atoms with Crippen molar-refractivity contribution in [2.45, 2.75) is 19.4 Å². The average Bonchev–Trinajstić information content (AvgIpc) is 2.83. The number of halogens is 1. The summed E-state index contributed by atoms with van der Waals surface area (Å²) >= 11 is 6.02. The van der Waals surface area contributed by atoms with E-state index < -0.39 is 0 Å². The Kier molecular flexibility index (Phi) is 6.75. The number of aromatic nitrogens is 2. The van der Waals surface area contributed by atoms with Gasteiger partial charge in [0, 0.05) is 30.7 Å². The molecule has 0 spiro atoms. The van der Waals surface area contributed by atoms with Crippen molar-refractivity contribution in [3.8, 4) is 11.4 Å². The number of anilines is 1. The fourth-order valence-electron chi connectivity index (χ4n) is 3.86. The third-order valence-electron chi connectivity index (χ3n) is 5.58. The normalized spacial score (nSPS) is 15.9. The molecule has 2 aromatic carbocycles. The zero-order chi connectivity index (χ0) is 22.5. The number of hydrogen-bond acceptors (Lipinski definition) is 5. The molecule has 1 saturated heterocycles. The molecule has 0 saturated carbocycles. The number of hydrogen-bond donors (Lipinski definition) is 1. The molecule has 8 heteroatoms. The van der Waals surface area contributed by atoms with Crippen LogP contribution in [-0.4, -0.2) is 35.9 Å². The second kappa shape index (κ2) is 9.87. The first-order valence-electron chi connectivity index (χ1n) is 10.6. The monoisotopic (exact) mass is 452 g/mol. The molecule has 0 bridgehead atoms. The van der Waals surface area contributed by atoms with Crippen molar-refractivity contribution in [3.05, 3.63) is 81.6 Å². The molecule has 1 aliphatic heterocycles. The van der Waals surface area contributed by atoms with Gasteiger partial charge in [-0.1, -0.05) is 23.7 Å². The van der Waals surface area contributed by atoms with E-state index in [4.69, 9.17) is 16.3 Å². The van der Waals surface area contributed by atoms with E-state index in [-0.39, 0.29) is 17.4 Å². The molecule has 1 aromatic heterocycles. The average molecular weight is 453 g/mol. The zero-order valence-electron chi connectivity index (χ0n) is 17.8. The van der Waals surface area contributed by atoms with Gasteiger partial charge in [-0.25, -0.2) is 0 Å². The predicted octanol–water partition coefficient (Wildman–Crippen LogP) is 3.43. The summed E-state index contributed by atoms with van der Waals surface area (Å²) in [6.07, 6.45) is 1.69. The maximum absolute atomic E-state index is 12.8. The number of piperidine rings is 1. The van der Waals surface area contributed by atoms with Crippen LogP contribution in [0.3, 0.4) is 0 Å². The first-order valence-corrected chi connectivity index (χ1v) is 10.9. The Morgan fingerprint density at radius 1 is 1.19 bits per heavy atom. The number of ether oxygens (including phenoxy) is 1. The molecule has 3 aromatic rings. The number of benzene rings is 2. The van der Waals surface area contributed by atoms with Crippen LogP contribution in [0.4, 0.5) is 5.82 Å². The molecular formula is C24H25ClN4O3. The summed E-state index contributed by atoms with van der Waals surface area (Å²) in [6, 6.07) is 17.9. The summed E-state index contributed by atoms with van der Waals surface area (Å²) < 4.78 is 6.55. The third-order valence-corrected chi connectivity index (χ3v) is 5.81. The maximum Gasteiger partial charge on any atom is 0.271 e. The van der Waals surface area contributed by atoms with Crippen LogP contribution < -0.4 is 20.5 Å². The number of carbonyl (C=O) groups excluding carboxylic acids is 1. The van der Waals surface area contributed by atoms with Crippen LogP contribution in [0.1, 0.15) is 18.4 Å². The van der Waals surface area contributed by atoms with Gasteiger partial charge >= 0.3 is 0 Å². The van der Waals surface area contributed by atoms with Crippen LogP contribution in [-0.2, 0) is 11.3 Å². The van der Waals surface area contributed by atoms with Gasteiger partial charge in [-0.3, -0.25) is 9.59 Å². The fourth-order valence-corrected chi connectivity index (χ4v) is 4.07. The highest BCUT2D eigenvalue weighted by atomic mass is 35.5. The number of rotatable bonds is 6. The Balaban J connectivity index is 1.45. The van der Waals surface area contributed by atoms with Gasteiger partial charge in [-0.2, -0.15) is 4.68 Å². The third kappa shape index (κ3) is 5.11. The van der Waals surface area contributed by atoms with E-state index in [0.717, 1.165) is 24.9 Å². The van der Waals surface area contributed by atoms with Crippen LogP contribution in [0.15, 0.2) is 65.5 Å². The molecule has 0 aliphatic carbocycles. The number of nitrogens with one attached hydrogen (secondary N) is 1. The van der Waals surface area contributed by atoms with Crippen molar-refractivity contribution >= 4 is 23.3 Å². The minimum Gasteiger partial charge on any atom is -0.497 e. The van der Waals surface area contributed by atoms with Crippen LogP contribution in [0.25, 0.3) is 5.69 Å². The van der Waals surface area contributed by atoms with E-state index in [1.54, 1.807) is 37.4 Å².